The van der Waals surface area contributed by atoms with E-state index in [0.29, 0.717) is 11.3 Å². The highest BCUT2D eigenvalue weighted by Gasteiger charge is 2.18. The van der Waals surface area contributed by atoms with Gasteiger partial charge in [-0.2, -0.15) is 0 Å². The molecular formula is C25H29N5O. The van der Waals surface area contributed by atoms with Crippen molar-refractivity contribution in [1.82, 2.24) is 9.88 Å². The van der Waals surface area contributed by atoms with Crippen LogP contribution in [0.15, 0.2) is 72.9 Å². The molecule has 160 valence electrons. The Morgan fingerprint density at radius 1 is 0.935 bits per heavy atom. The molecule has 1 aliphatic heterocycles. The van der Waals surface area contributed by atoms with Gasteiger partial charge in [-0.3, -0.25) is 9.69 Å². The lowest BCUT2D eigenvalue weighted by Crippen LogP contribution is -2.46. The molecule has 0 unspecified atom stereocenters. The molecule has 6 heteroatoms. The van der Waals surface area contributed by atoms with Crippen LogP contribution in [-0.4, -0.2) is 56.1 Å². The van der Waals surface area contributed by atoms with Crippen molar-refractivity contribution < 1.29 is 4.79 Å². The maximum absolute atomic E-state index is 12.3. The van der Waals surface area contributed by atoms with E-state index in [1.54, 1.807) is 18.3 Å². The van der Waals surface area contributed by atoms with E-state index < -0.39 is 0 Å². The highest BCUT2D eigenvalue weighted by atomic mass is 16.1. The number of carbonyl (C=O) groups is 1. The lowest BCUT2D eigenvalue weighted by atomic mass is 10.1. The number of nitrogens with one attached hydrogen (secondary N) is 1. The van der Waals surface area contributed by atoms with E-state index in [0.717, 1.165) is 38.5 Å². The van der Waals surface area contributed by atoms with Crippen molar-refractivity contribution in [3.05, 3.63) is 84.1 Å². The molecule has 2 aromatic carbocycles. The lowest BCUT2D eigenvalue weighted by molar-refractivity contribution is 0.102. The highest BCUT2D eigenvalue weighted by molar-refractivity contribution is 6.04. The molecular weight excluding hydrogens is 386 g/mol. The summed E-state index contributed by atoms with van der Waals surface area (Å²) in [6.07, 6.45) is 1.73. The molecule has 0 bridgehead atoms. The minimum atomic E-state index is -0.123. The Morgan fingerprint density at radius 2 is 1.65 bits per heavy atom. The summed E-state index contributed by atoms with van der Waals surface area (Å²) in [7, 11) is 4.12. The average molecular weight is 416 g/mol. The van der Waals surface area contributed by atoms with Crippen LogP contribution in [0.2, 0.25) is 0 Å². The van der Waals surface area contributed by atoms with E-state index in [4.69, 9.17) is 0 Å². The van der Waals surface area contributed by atoms with Crippen molar-refractivity contribution in [3.63, 3.8) is 0 Å². The van der Waals surface area contributed by atoms with E-state index in [-0.39, 0.29) is 5.91 Å². The minimum Gasteiger partial charge on any atom is -0.378 e. The first-order chi connectivity index (χ1) is 15.1. The second-order valence-corrected chi connectivity index (χ2v) is 8.05. The first kappa shape index (κ1) is 20.9. The van der Waals surface area contributed by atoms with Gasteiger partial charge in [0.1, 0.15) is 5.82 Å². The maximum Gasteiger partial charge on any atom is 0.255 e. The number of carbonyl (C=O) groups excluding carboxylic acids is 1. The van der Waals surface area contributed by atoms with Crippen molar-refractivity contribution in [2.24, 2.45) is 0 Å². The average Bonchev–Trinajstić information content (AvgIpc) is 2.81. The molecule has 0 spiro atoms. The van der Waals surface area contributed by atoms with E-state index in [9.17, 15) is 4.79 Å². The van der Waals surface area contributed by atoms with Gasteiger partial charge in [0, 0.05) is 58.1 Å². The standard InChI is InChI=1S/C25H29N5O/c1-28(2)23-11-8-20(9-12-23)19-29-14-16-30(17-15-29)24-13-10-22(18-26-24)27-25(31)21-6-4-3-5-7-21/h3-13,18H,14-17,19H2,1-2H3,(H,27,31). The third-order valence-corrected chi connectivity index (χ3v) is 5.60. The Labute approximate surface area is 184 Å². The van der Waals surface area contributed by atoms with Gasteiger partial charge in [-0.1, -0.05) is 30.3 Å². The van der Waals surface area contributed by atoms with Crippen molar-refractivity contribution >= 4 is 23.1 Å². The molecule has 0 atom stereocenters. The summed E-state index contributed by atoms with van der Waals surface area (Å²) >= 11 is 0. The molecule has 1 aromatic heterocycles. The highest BCUT2D eigenvalue weighted by Crippen LogP contribution is 2.19. The molecule has 3 aromatic rings. The summed E-state index contributed by atoms with van der Waals surface area (Å²) in [5.74, 6) is 0.829. The fourth-order valence-electron chi connectivity index (χ4n) is 3.73. The van der Waals surface area contributed by atoms with Gasteiger partial charge >= 0.3 is 0 Å². The van der Waals surface area contributed by atoms with Crippen LogP contribution < -0.4 is 15.1 Å². The summed E-state index contributed by atoms with van der Waals surface area (Å²) in [4.78, 5) is 23.8. The first-order valence-electron chi connectivity index (χ1n) is 10.6. The van der Waals surface area contributed by atoms with E-state index in [2.05, 4.69) is 63.4 Å². The van der Waals surface area contributed by atoms with Gasteiger partial charge in [0.25, 0.3) is 5.91 Å². The number of anilines is 3. The van der Waals surface area contributed by atoms with Crippen LogP contribution in [0.4, 0.5) is 17.2 Å². The van der Waals surface area contributed by atoms with Crippen molar-refractivity contribution in [1.29, 1.82) is 0 Å². The van der Waals surface area contributed by atoms with Gasteiger partial charge in [0.05, 0.1) is 11.9 Å². The van der Waals surface area contributed by atoms with E-state index in [1.807, 2.05) is 30.3 Å². The minimum absolute atomic E-state index is 0.123. The van der Waals surface area contributed by atoms with Gasteiger partial charge in [-0.05, 0) is 42.0 Å². The van der Waals surface area contributed by atoms with Crippen LogP contribution in [-0.2, 0) is 6.54 Å². The third-order valence-electron chi connectivity index (χ3n) is 5.60. The van der Waals surface area contributed by atoms with Gasteiger partial charge in [-0.15, -0.1) is 0 Å². The van der Waals surface area contributed by atoms with Crippen LogP contribution in [0.1, 0.15) is 15.9 Å². The van der Waals surface area contributed by atoms with Gasteiger partial charge in [-0.25, -0.2) is 4.98 Å². The second kappa shape index (κ2) is 9.62. The molecule has 1 saturated heterocycles. The number of hydrogen-bond donors (Lipinski definition) is 1. The Morgan fingerprint density at radius 3 is 2.26 bits per heavy atom. The van der Waals surface area contributed by atoms with Crippen LogP contribution in [0.5, 0.6) is 0 Å². The third kappa shape index (κ3) is 5.41. The van der Waals surface area contributed by atoms with Gasteiger partial charge in [0.2, 0.25) is 0 Å². The summed E-state index contributed by atoms with van der Waals surface area (Å²) < 4.78 is 0. The zero-order valence-corrected chi connectivity index (χ0v) is 18.2. The number of hydrogen-bond acceptors (Lipinski definition) is 5. The number of aromatic nitrogens is 1. The first-order valence-corrected chi connectivity index (χ1v) is 10.6. The number of nitrogens with zero attached hydrogens (tertiary/aromatic N) is 4. The molecule has 0 saturated carbocycles. The van der Waals surface area contributed by atoms with Crippen LogP contribution in [0.25, 0.3) is 0 Å². The molecule has 4 rings (SSSR count). The SMILES string of the molecule is CN(C)c1ccc(CN2CCN(c3ccc(NC(=O)c4ccccc4)cn3)CC2)cc1. The zero-order chi connectivity index (χ0) is 21.6. The molecule has 6 nitrogen and oxygen atoms in total. The van der Waals surface area contributed by atoms with Gasteiger partial charge < -0.3 is 15.1 Å². The fourth-order valence-corrected chi connectivity index (χ4v) is 3.73. The monoisotopic (exact) mass is 415 g/mol. The van der Waals surface area contributed by atoms with Crippen LogP contribution in [0, 0.1) is 0 Å². The number of benzene rings is 2. The normalized spacial score (nSPS) is 14.3. The summed E-state index contributed by atoms with van der Waals surface area (Å²) in [6.45, 7) is 4.86. The maximum atomic E-state index is 12.3. The largest absolute Gasteiger partial charge is 0.378 e. The summed E-state index contributed by atoms with van der Waals surface area (Å²) in [6, 6.07) is 21.9. The number of piperazine rings is 1. The van der Waals surface area contributed by atoms with E-state index >= 15 is 0 Å². The Hall–Kier alpha value is -3.38. The molecule has 1 amide bonds. The van der Waals surface area contributed by atoms with Crippen molar-refractivity contribution in [2.75, 3.05) is 55.4 Å². The van der Waals surface area contributed by atoms with E-state index in [1.165, 1.54) is 11.3 Å². The molecule has 1 aliphatic rings. The topological polar surface area (TPSA) is 51.7 Å². The van der Waals surface area contributed by atoms with Crippen molar-refractivity contribution in [2.45, 2.75) is 6.54 Å². The number of pyridine rings is 1. The van der Waals surface area contributed by atoms with Crippen molar-refractivity contribution in [3.8, 4) is 0 Å². The second-order valence-electron chi connectivity index (χ2n) is 8.05. The Balaban J connectivity index is 1.28. The predicted octanol–water partition coefficient (Wildman–Crippen LogP) is 3.72. The number of amides is 1. The fraction of sp³-hybridized carbons (Fsp3) is 0.280. The predicted molar refractivity (Wildman–Crippen MR) is 127 cm³/mol. The smallest absolute Gasteiger partial charge is 0.255 e. The summed E-state index contributed by atoms with van der Waals surface area (Å²) in [5.41, 5.74) is 3.91. The Bertz CT molecular complexity index is 979. The molecule has 0 aliphatic carbocycles. The van der Waals surface area contributed by atoms with Gasteiger partial charge in [0.15, 0.2) is 0 Å². The summed E-state index contributed by atoms with van der Waals surface area (Å²) in [5, 5.41) is 2.90. The molecule has 0 radical (unpaired) electrons. The molecule has 1 fully saturated rings. The number of rotatable bonds is 6. The quantitative estimate of drug-likeness (QED) is 0.665. The van der Waals surface area contributed by atoms with Crippen LogP contribution in [0.3, 0.4) is 0 Å². The Kier molecular flexibility index (Phi) is 6.48. The molecule has 2 heterocycles. The molecule has 1 N–H and O–H groups in total. The lowest BCUT2D eigenvalue weighted by Gasteiger charge is -2.35. The van der Waals surface area contributed by atoms with Crippen LogP contribution >= 0.6 is 0 Å². The zero-order valence-electron chi connectivity index (χ0n) is 18.2. The molecule has 31 heavy (non-hydrogen) atoms.